The van der Waals surface area contributed by atoms with Crippen LogP contribution in [0.3, 0.4) is 0 Å². The number of allylic oxidation sites excluding steroid dienone is 3. The highest BCUT2D eigenvalue weighted by molar-refractivity contribution is 6.31. The number of carbonyl (C=O) groups excluding carboxylic acids is 2. The molecule has 0 radical (unpaired) electrons. The number of carbonyl (C=O) groups is 3. The number of ether oxygens (including phenoxy) is 1. The fourth-order valence-electron chi connectivity index (χ4n) is 6.75. The standard InChI is InChI=1S/C30H38ClF2N5O5/c1-29(28(41)42)9-4-3-5-18(29)27(40)38-12-8-17-19(31)6-7-22(43-15-20(34)25(26(32)33)36(2)35)24(17)21(38)14-37-16-30(10-11-30)13-23(37)39/h3-4,6-7,18,21,26H,5,8-16,34-35H2,1-2H3,(H,41,42)/b25-20-/t18-,21+,29-/m0/s1. The molecule has 2 heterocycles. The first kappa shape index (κ1) is 31.1. The third-order valence-electron chi connectivity index (χ3n) is 9.55. The number of nitrogens with zero attached hydrogens (tertiary/aromatic N) is 3. The number of carboxylic acids is 1. The van der Waals surface area contributed by atoms with Crippen molar-refractivity contribution < 1.29 is 33.0 Å². The van der Waals surface area contributed by atoms with Gasteiger partial charge in [0.25, 0.3) is 6.43 Å². The molecule has 1 aromatic carbocycles. The second-order valence-electron chi connectivity index (χ2n) is 12.5. The molecule has 2 aliphatic heterocycles. The number of nitrogens with two attached hydrogens (primary N) is 2. The summed E-state index contributed by atoms with van der Waals surface area (Å²) in [5.74, 6) is 3.66. The SMILES string of the molecule is CN(N)/C(=C(\N)COc1ccc(Cl)c2c1[C@@H](CN1CC3(CC3)CC1=O)N(C(=O)[C@@H]1CC=CC[C@]1(C)C(=O)O)CC2)C(F)F. The number of benzene rings is 1. The highest BCUT2D eigenvalue weighted by atomic mass is 35.5. The summed E-state index contributed by atoms with van der Waals surface area (Å²) in [4.78, 5) is 43.2. The molecule has 234 valence electrons. The lowest BCUT2D eigenvalue weighted by Crippen LogP contribution is -2.52. The summed E-state index contributed by atoms with van der Waals surface area (Å²) in [7, 11) is 1.25. The second-order valence-corrected chi connectivity index (χ2v) is 12.9. The van der Waals surface area contributed by atoms with E-state index in [-0.39, 0.29) is 54.6 Å². The van der Waals surface area contributed by atoms with E-state index in [1.165, 1.54) is 7.05 Å². The molecule has 43 heavy (non-hydrogen) atoms. The van der Waals surface area contributed by atoms with E-state index in [4.69, 9.17) is 27.9 Å². The Hall–Kier alpha value is -3.38. The highest BCUT2D eigenvalue weighted by Crippen LogP contribution is 2.54. The van der Waals surface area contributed by atoms with E-state index in [9.17, 15) is 28.3 Å². The quantitative estimate of drug-likeness (QED) is 0.216. The minimum Gasteiger partial charge on any atom is -0.487 e. The number of carboxylic acid groups (broad SMARTS) is 1. The Morgan fingerprint density at radius 3 is 2.60 bits per heavy atom. The lowest BCUT2D eigenvalue weighted by atomic mass is 9.69. The number of alkyl halides is 2. The molecule has 0 unspecified atom stereocenters. The van der Waals surface area contributed by atoms with Crippen LogP contribution in [0, 0.1) is 16.7 Å². The third kappa shape index (κ3) is 5.78. The van der Waals surface area contributed by atoms with E-state index in [2.05, 4.69) is 0 Å². The van der Waals surface area contributed by atoms with Crippen molar-refractivity contribution in [3.8, 4) is 5.75 Å². The maximum atomic E-state index is 14.3. The Kier molecular flexibility index (Phi) is 8.38. The Bertz CT molecular complexity index is 1370. The molecule has 1 aromatic rings. The van der Waals surface area contributed by atoms with Gasteiger partial charge in [-0.05, 0) is 62.1 Å². The number of hydrazine groups is 1. The average Bonchev–Trinajstić information content (AvgIpc) is 3.62. The van der Waals surface area contributed by atoms with E-state index in [0.717, 1.165) is 23.4 Å². The van der Waals surface area contributed by atoms with Gasteiger partial charge in [-0.2, -0.15) is 0 Å². The number of rotatable bonds is 9. The van der Waals surface area contributed by atoms with Crippen molar-refractivity contribution in [1.29, 1.82) is 0 Å². The number of fused-ring (bicyclic) bond motifs is 1. The Morgan fingerprint density at radius 2 is 2.00 bits per heavy atom. The zero-order valence-electron chi connectivity index (χ0n) is 24.3. The molecular formula is C30H38ClF2N5O5. The summed E-state index contributed by atoms with van der Waals surface area (Å²) >= 11 is 6.66. The normalized spacial score (nSPS) is 26.4. The number of likely N-dealkylation sites (tertiary alicyclic amines) is 1. The van der Waals surface area contributed by atoms with E-state index in [1.54, 1.807) is 34.9 Å². The van der Waals surface area contributed by atoms with E-state index < -0.39 is 42.1 Å². The largest absolute Gasteiger partial charge is 0.487 e. The van der Waals surface area contributed by atoms with Gasteiger partial charge < -0.3 is 30.4 Å². The molecule has 5 N–H and O–H groups in total. The molecule has 1 saturated carbocycles. The molecule has 3 atom stereocenters. The zero-order valence-corrected chi connectivity index (χ0v) is 25.1. The predicted molar refractivity (Wildman–Crippen MR) is 155 cm³/mol. The first-order chi connectivity index (χ1) is 20.3. The number of hydrogen-bond donors (Lipinski definition) is 3. The van der Waals surface area contributed by atoms with Gasteiger partial charge in [-0.25, -0.2) is 14.6 Å². The summed E-state index contributed by atoms with van der Waals surface area (Å²) < 4.78 is 33.3. The topological polar surface area (TPSA) is 142 Å². The van der Waals surface area contributed by atoms with Crippen LogP contribution in [-0.4, -0.2) is 77.4 Å². The van der Waals surface area contributed by atoms with Gasteiger partial charge in [-0.3, -0.25) is 14.4 Å². The monoisotopic (exact) mass is 621 g/mol. The maximum Gasteiger partial charge on any atom is 0.310 e. The summed E-state index contributed by atoms with van der Waals surface area (Å²) in [6.45, 7) is 2.18. The van der Waals surface area contributed by atoms with Crippen molar-refractivity contribution in [2.45, 2.75) is 57.9 Å². The fraction of sp³-hybridized carbons (Fsp3) is 0.567. The van der Waals surface area contributed by atoms with Crippen molar-refractivity contribution in [3.63, 3.8) is 0 Å². The van der Waals surface area contributed by atoms with E-state index in [0.29, 0.717) is 30.0 Å². The van der Waals surface area contributed by atoms with Gasteiger partial charge in [0.2, 0.25) is 11.8 Å². The van der Waals surface area contributed by atoms with Gasteiger partial charge in [0.15, 0.2) is 0 Å². The molecule has 0 aromatic heterocycles. The Balaban J connectivity index is 1.54. The van der Waals surface area contributed by atoms with Gasteiger partial charge in [0, 0.05) is 43.7 Å². The van der Waals surface area contributed by atoms with Crippen molar-refractivity contribution in [3.05, 3.63) is 51.8 Å². The van der Waals surface area contributed by atoms with Gasteiger partial charge in [-0.1, -0.05) is 23.8 Å². The lowest BCUT2D eigenvalue weighted by Gasteiger charge is -2.44. The maximum absolute atomic E-state index is 14.3. The molecule has 13 heteroatoms. The number of hydrogen-bond acceptors (Lipinski definition) is 7. The van der Waals surface area contributed by atoms with Crippen molar-refractivity contribution in [1.82, 2.24) is 14.8 Å². The van der Waals surface area contributed by atoms with Gasteiger partial charge in [0.1, 0.15) is 18.1 Å². The number of amides is 2. The summed E-state index contributed by atoms with van der Waals surface area (Å²) in [6, 6.07) is 2.53. The van der Waals surface area contributed by atoms with Crippen molar-refractivity contribution in [2.75, 3.05) is 33.3 Å². The molecule has 1 spiro atoms. The fourth-order valence-corrected chi connectivity index (χ4v) is 7.01. The second kappa shape index (κ2) is 11.6. The third-order valence-corrected chi connectivity index (χ3v) is 9.90. The summed E-state index contributed by atoms with van der Waals surface area (Å²) in [5.41, 5.74) is 5.09. The molecule has 2 fully saturated rings. The van der Waals surface area contributed by atoms with Crippen molar-refractivity contribution >= 4 is 29.4 Å². The minimum atomic E-state index is -2.93. The lowest BCUT2D eigenvalue weighted by molar-refractivity contribution is -0.160. The number of aliphatic carboxylic acids is 1. The summed E-state index contributed by atoms with van der Waals surface area (Å²) in [5, 5.41) is 11.3. The van der Waals surface area contributed by atoms with Gasteiger partial charge in [0.05, 0.1) is 23.1 Å². The molecular weight excluding hydrogens is 584 g/mol. The van der Waals surface area contributed by atoms with Crippen LogP contribution in [0.25, 0.3) is 0 Å². The Labute approximate surface area is 254 Å². The smallest absolute Gasteiger partial charge is 0.310 e. The van der Waals surface area contributed by atoms with E-state index in [1.807, 2.05) is 6.08 Å². The van der Waals surface area contributed by atoms with Crippen LogP contribution in [0.1, 0.15) is 56.2 Å². The van der Waals surface area contributed by atoms with Crippen LogP contribution in [0.2, 0.25) is 5.02 Å². The average molecular weight is 622 g/mol. The van der Waals surface area contributed by atoms with Crippen LogP contribution in [0.4, 0.5) is 8.78 Å². The molecule has 4 aliphatic rings. The summed E-state index contributed by atoms with van der Waals surface area (Å²) in [6.07, 6.45) is 3.93. The van der Waals surface area contributed by atoms with Crippen LogP contribution < -0.4 is 16.3 Å². The first-order valence-electron chi connectivity index (χ1n) is 14.4. The van der Waals surface area contributed by atoms with Gasteiger partial charge >= 0.3 is 5.97 Å². The molecule has 0 bridgehead atoms. The minimum absolute atomic E-state index is 0.00257. The first-order valence-corrected chi connectivity index (χ1v) is 14.8. The van der Waals surface area contributed by atoms with E-state index >= 15 is 0 Å². The highest BCUT2D eigenvalue weighted by Gasteiger charge is 2.53. The zero-order chi connectivity index (χ0) is 31.3. The number of halogens is 3. The Morgan fingerprint density at radius 1 is 1.28 bits per heavy atom. The van der Waals surface area contributed by atoms with Crippen molar-refractivity contribution in [2.24, 2.45) is 28.3 Å². The molecule has 2 amide bonds. The van der Waals surface area contributed by atoms with Crippen LogP contribution in [0.5, 0.6) is 5.75 Å². The van der Waals surface area contributed by atoms with Gasteiger partial charge in [-0.15, -0.1) is 0 Å². The van der Waals surface area contributed by atoms with Crippen LogP contribution >= 0.6 is 11.6 Å². The molecule has 10 nitrogen and oxygen atoms in total. The predicted octanol–water partition coefficient (Wildman–Crippen LogP) is 3.46. The van der Waals surface area contributed by atoms with Crippen LogP contribution in [0.15, 0.2) is 35.7 Å². The van der Waals surface area contributed by atoms with Crippen LogP contribution in [-0.2, 0) is 20.8 Å². The molecule has 1 saturated heterocycles. The molecule has 5 rings (SSSR count). The molecule has 2 aliphatic carbocycles.